The van der Waals surface area contributed by atoms with Gasteiger partial charge in [-0.25, -0.2) is 0 Å². The van der Waals surface area contributed by atoms with Gasteiger partial charge in [-0.05, 0) is 69.3 Å². The van der Waals surface area contributed by atoms with Crippen LogP contribution in [0.2, 0.25) is 5.02 Å². The van der Waals surface area contributed by atoms with E-state index in [0.717, 1.165) is 26.8 Å². The van der Waals surface area contributed by atoms with Gasteiger partial charge < -0.3 is 4.74 Å². The Bertz CT molecular complexity index is 1240. The minimum atomic E-state index is 0.360. The number of hydrogen-bond acceptors (Lipinski definition) is 3. The molecule has 3 aromatic carbocycles. The van der Waals surface area contributed by atoms with Crippen molar-refractivity contribution in [2.75, 3.05) is 7.11 Å². The van der Waals surface area contributed by atoms with Crippen molar-refractivity contribution in [3.05, 3.63) is 93.3 Å². The molecule has 0 saturated heterocycles. The molecule has 3 nitrogen and oxygen atoms in total. The number of rotatable bonds is 5. The molecule has 146 valence electrons. The van der Waals surface area contributed by atoms with Crippen molar-refractivity contribution in [3.63, 3.8) is 0 Å². The zero-order valence-electron chi connectivity index (χ0n) is 15.7. The molecule has 0 aliphatic carbocycles. The highest BCUT2D eigenvalue weighted by molar-refractivity contribution is 9.10. The van der Waals surface area contributed by atoms with E-state index in [0.29, 0.717) is 16.3 Å². The first kappa shape index (κ1) is 20.1. The second kappa shape index (κ2) is 8.66. The molecule has 1 heterocycles. The summed E-state index contributed by atoms with van der Waals surface area (Å²) < 4.78 is 8.17. The summed E-state index contributed by atoms with van der Waals surface area (Å²) in [4.78, 5) is 1.19. The molecular formula is C23H18BrClN2OS. The fourth-order valence-corrected chi connectivity index (χ4v) is 4.57. The van der Waals surface area contributed by atoms with E-state index in [2.05, 4.69) is 58.4 Å². The van der Waals surface area contributed by atoms with Crippen molar-refractivity contribution in [2.45, 2.75) is 10.6 Å². The van der Waals surface area contributed by atoms with E-state index in [-0.39, 0.29) is 0 Å². The van der Waals surface area contributed by atoms with Crippen LogP contribution in [0.3, 0.4) is 0 Å². The standard InChI is InChI=1S/C23H18BrClN2OS/c1-28-22-12-18(24)19(25)13-21(22)27-20-9-8-17(11-16(20)7-10-23(27)26)29-14-15-5-3-2-4-6-15/h2-13,26H,14H2,1H3. The molecule has 0 amide bonds. The van der Waals surface area contributed by atoms with E-state index < -0.39 is 0 Å². The summed E-state index contributed by atoms with van der Waals surface area (Å²) in [7, 11) is 1.62. The fourth-order valence-electron chi connectivity index (χ4n) is 3.19. The van der Waals surface area contributed by atoms with Crippen LogP contribution in [0, 0.1) is 5.41 Å². The molecule has 0 spiro atoms. The maximum Gasteiger partial charge on any atom is 0.144 e. The molecule has 0 bridgehead atoms. The van der Waals surface area contributed by atoms with Crippen LogP contribution < -0.4 is 10.2 Å². The third-order valence-corrected chi connectivity index (χ3v) is 6.87. The number of nitrogens with one attached hydrogen (secondary N) is 1. The summed E-state index contributed by atoms with van der Waals surface area (Å²) in [6.07, 6.45) is 0. The van der Waals surface area contributed by atoms with E-state index in [1.807, 2.05) is 28.8 Å². The Morgan fingerprint density at radius 2 is 1.83 bits per heavy atom. The predicted octanol–water partition coefficient (Wildman–Crippen LogP) is 6.83. The summed E-state index contributed by atoms with van der Waals surface area (Å²) in [6.45, 7) is 0. The SMILES string of the molecule is COc1cc(Br)c(Cl)cc1-n1c(=N)ccc2cc(SCc3ccccc3)ccc21. The average Bonchev–Trinajstić information content (AvgIpc) is 2.74. The number of pyridine rings is 1. The number of hydrogen-bond donors (Lipinski definition) is 1. The van der Waals surface area contributed by atoms with Crippen molar-refractivity contribution in [3.8, 4) is 11.4 Å². The van der Waals surface area contributed by atoms with Crippen LogP contribution in [0.5, 0.6) is 5.75 Å². The Hall–Kier alpha value is -2.21. The third-order valence-electron chi connectivity index (χ3n) is 4.61. The number of nitrogens with zero attached hydrogens (tertiary/aromatic N) is 1. The van der Waals surface area contributed by atoms with Crippen LogP contribution in [0.25, 0.3) is 16.6 Å². The summed E-state index contributed by atoms with van der Waals surface area (Å²) in [5.41, 5.74) is 3.32. The van der Waals surface area contributed by atoms with Crippen LogP contribution in [-0.2, 0) is 5.75 Å². The van der Waals surface area contributed by atoms with E-state index in [1.165, 1.54) is 10.5 Å². The number of ether oxygens (including phenoxy) is 1. The van der Waals surface area contributed by atoms with Gasteiger partial charge in [0.05, 0.1) is 23.3 Å². The predicted molar refractivity (Wildman–Crippen MR) is 124 cm³/mol. The van der Waals surface area contributed by atoms with Crippen molar-refractivity contribution in [1.29, 1.82) is 5.41 Å². The van der Waals surface area contributed by atoms with Gasteiger partial charge in [0.25, 0.3) is 0 Å². The molecular weight excluding hydrogens is 468 g/mol. The Labute approximate surface area is 186 Å². The Kier molecular flexibility index (Phi) is 5.99. The Morgan fingerprint density at radius 3 is 2.59 bits per heavy atom. The first-order valence-electron chi connectivity index (χ1n) is 8.97. The molecule has 29 heavy (non-hydrogen) atoms. The summed E-state index contributed by atoms with van der Waals surface area (Å²) in [5, 5.41) is 10.1. The average molecular weight is 486 g/mol. The van der Waals surface area contributed by atoms with Gasteiger partial charge >= 0.3 is 0 Å². The number of aromatic nitrogens is 1. The summed E-state index contributed by atoms with van der Waals surface area (Å²) in [5.74, 6) is 1.56. The lowest BCUT2D eigenvalue weighted by Gasteiger charge is -2.16. The molecule has 0 aliphatic rings. The van der Waals surface area contributed by atoms with Crippen LogP contribution in [0.4, 0.5) is 0 Å². The Morgan fingerprint density at radius 1 is 1.03 bits per heavy atom. The van der Waals surface area contributed by atoms with Crippen molar-refractivity contribution in [1.82, 2.24) is 4.57 Å². The highest BCUT2D eigenvalue weighted by Gasteiger charge is 2.13. The topological polar surface area (TPSA) is 38.0 Å². The van der Waals surface area contributed by atoms with Crippen molar-refractivity contribution >= 4 is 50.2 Å². The van der Waals surface area contributed by atoms with Crippen molar-refractivity contribution < 1.29 is 4.74 Å². The van der Waals surface area contributed by atoms with E-state index in [4.69, 9.17) is 21.7 Å². The second-order valence-corrected chi connectivity index (χ2v) is 8.80. The molecule has 6 heteroatoms. The molecule has 4 aromatic rings. The van der Waals surface area contributed by atoms with Crippen LogP contribution in [0.15, 0.2) is 82.2 Å². The van der Waals surface area contributed by atoms with E-state index in [9.17, 15) is 0 Å². The van der Waals surface area contributed by atoms with Gasteiger partial charge in [-0.1, -0.05) is 41.9 Å². The quantitative estimate of drug-likeness (QED) is 0.315. The maximum absolute atomic E-state index is 8.48. The minimum Gasteiger partial charge on any atom is -0.495 e. The smallest absolute Gasteiger partial charge is 0.144 e. The first-order valence-corrected chi connectivity index (χ1v) is 11.1. The fraction of sp³-hybridized carbons (Fsp3) is 0.0870. The number of fused-ring (bicyclic) bond motifs is 1. The molecule has 0 unspecified atom stereocenters. The lowest BCUT2D eigenvalue weighted by atomic mass is 10.2. The molecule has 0 aliphatic heterocycles. The molecule has 1 N–H and O–H groups in total. The zero-order chi connectivity index (χ0) is 20.4. The normalized spacial score (nSPS) is 11.0. The lowest BCUT2D eigenvalue weighted by molar-refractivity contribution is 0.412. The molecule has 0 fully saturated rings. The molecule has 4 rings (SSSR count). The monoisotopic (exact) mass is 484 g/mol. The highest BCUT2D eigenvalue weighted by Crippen LogP contribution is 2.34. The van der Waals surface area contributed by atoms with Gasteiger partial charge in [0.1, 0.15) is 11.2 Å². The van der Waals surface area contributed by atoms with Gasteiger partial charge in [-0.2, -0.15) is 0 Å². The van der Waals surface area contributed by atoms with E-state index in [1.54, 1.807) is 24.9 Å². The van der Waals surface area contributed by atoms with Crippen LogP contribution >= 0.6 is 39.3 Å². The molecule has 1 aromatic heterocycles. The number of benzene rings is 3. The number of thioether (sulfide) groups is 1. The number of halogens is 2. The van der Waals surface area contributed by atoms with Gasteiger partial charge in [0.2, 0.25) is 0 Å². The van der Waals surface area contributed by atoms with Gasteiger partial charge in [-0.15, -0.1) is 11.8 Å². The molecule has 0 saturated carbocycles. The largest absolute Gasteiger partial charge is 0.495 e. The maximum atomic E-state index is 8.48. The minimum absolute atomic E-state index is 0.360. The Balaban J connectivity index is 1.77. The van der Waals surface area contributed by atoms with E-state index >= 15 is 0 Å². The van der Waals surface area contributed by atoms with Gasteiger partial charge in [0.15, 0.2) is 0 Å². The third kappa shape index (κ3) is 4.22. The van der Waals surface area contributed by atoms with Crippen LogP contribution in [0.1, 0.15) is 5.56 Å². The zero-order valence-corrected chi connectivity index (χ0v) is 18.8. The second-order valence-electron chi connectivity index (χ2n) is 6.49. The first-order chi connectivity index (χ1) is 14.1. The number of methoxy groups -OCH3 is 1. The molecule has 0 atom stereocenters. The highest BCUT2D eigenvalue weighted by atomic mass is 79.9. The van der Waals surface area contributed by atoms with Gasteiger partial charge in [-0.3, -0.25) is 9.98 Å². The van der Waals surface area contributed by atoms with Crippen molar-refractivity contribution in [2.24, 2.45) is 0 Å². The van der Waals surface area contributed by atoms with Crippen LogP contribution in [-0.4, -0.2) is 11.7 Å². The molecule has 0 radical (unpaired) electrons. The summed E-state index contributed by atoms with van der Waals surface area (Å²) in [6, 6.07) is 24.2. The van der Waals surface area contributed by atoms with Gasteiger partial charge in [0, 0.05) is 15.1 Å². The lowest BCUT2D eigenvalue weighted by Crippen LogP contribution is -2.18. The summed E-state index contributed by atoms with van der Waals surface area (Å²) >= 11 is 11.6.